The van der Waals surface area contributed by atoms with Crippen LogP contribution < -0.4 is 0 Å². The molecule has 1 aromatic heterocycles. The number of carbonyl (C=O) groups is 1. The summed E-state index contributed by atoms with van der Waals surface area (Å²) in [6.45, 7) is 13.7. The maximum atomic E-state index is 11.5. The van der Waals surface area contributed by atoms with Crippen LogP contribution in [0.5, 0.6) is 0 Å². The number of aromatic carboxylic acids is 1. The van der Waals surface area contributed by atoms with E-state index in [9.17, 15) is 9.90 Å². The van der Waals surface area contributed by atoms with Gasteiger partial charge in [0.1, 0.15) is 0 Å². The molecule has 0 aliphatic rings. The molecule has 2 aromatic rings. The second-order valence-corrected chi connectivity index (χ2v) is 7.00. The van der Waals surface area contributed by atoms with Crippen LogP contribution in [-0.2, 0) is 12.0 Å². The average Bonchev–Trinajstić information content (AvgIpc) is 2.74. The van der Waals surface area contributed by atoms with Crippen LogP contribution in [0.3, 0.4) is 0 Å². The van der Waals surface area contributed by atoms with E-state index in [-0.39, 0.29) is 5.41 Å². The number of hydrogen-bond donors (Lipinski definition) is 1. The maximum absolute atomic E-state index is 11.5. The number of aryl methyl sites for hydroxylation is 1. The Morgan fingerprint density at radius 1 is 1.29 bits per heavy atom. The molecule has 114 valence electrons. The summed E-state index contributed by atoms with van der Waals surface area (Å²) < 4.78 is 2.25. The zero-order chi connectivity index (χ0) is 15.9. The van der Waals surface area contributed by atoms with Crippen LogP contribution in [0, 0.1) is 0 Å². The molecule has 0 saturated heterocycles. The summed E-state index contributed by atoms with van der Waals surface area (Å²) in [5, 5.41) is 10.5. The first-order chi connectivity index (χ1) is 9.66. The summed E-state index contributed by atoms with van der Waals surface area (Å²) in [4.78, 5) is 11.5. The van der Waals surface area contributed by atoms with E-state index in [2.05, 4.69) is 52.3 Å². The Labute approximate surface area is 126 Å². The Balaban J connectivity index is 2.95. The summed E-state index contributed by atoms with van der Waals surface area (Å²) >= 11 is 0. The van der Waals surface area contributed by atoms with E-state index >= 15 is 0 Å². The van der Waals surface area contributed by atoms with E-state index in [0.29, 0.717) is 11.5 Å². The summed E-state index contributed by atoms with van der Waals surface area (Å²) in [7, 11) is 0. The summed E-state index contributed by atoms with van der Waals surface area (Å²) in [6, 6.07) is 3.66. The fourth-order valence-electron chi connectivity index (χ4n) is 2.87. The van der Waals surface area contributed by atoms with Crippen LogP contribution in [0.15, 0.2) is 18.3 Å². The summed E-state index contributed by atoms with van der Waals surface area (Å²) in [6.07, 6.45) is 2.18. The molecule has 0 bridgehead atoms. The number of benzene rings is 1. The molecule has 3 nitrogen and oxygen atoms in total. The van der Waals surface area contributed by atoms with E-state index in [4.69, 9.17) is 0 Å². The highest BCUT2D eigenvalue weighted by Gasteiger charge is 2.24. The maximum Gasteiger partial charge on any atom is 0.335 e. The number of nitrogens with zero attached hydrogens (tertiary/aromatic N) is 1. The van der Waals surface area contributed by atoms with Gasteiger partial charge in [0.15, 0.2) is 0 Å². The zero-order valence-electron chi connectivity index (χ0n) is 13.8. The van der Waals surface area contributed by atoms with Crippen LogP contribution in [0.4, 0.5) is 0 Å². The molecule has 0 unspecified atom stereocenters. The quantitative estimate of drug-likeness (QED) is 0.882. The largest absolute Gasteiger partial charge is 0.478 e. The Hall–Kier alpha value is -1.77. The third-order valence-electron chi connectivity index (χ3n) is 4.02. The first kappa shape index (κ1) is 15.6. The minimum absolute atomic E-state index is 0.0940. The van der Waals surface area contributed by atoms with Gasteiger partial charge in [-0.1, -0.05) is 34.6 Å². The number of fused-ring (bicyclic) bond motifs is 1. The molecule has 0 radical (unpaired) electrons. The van der Waals surface area contributed by atoms with Gasteiger partial charge in [-0.05, 0) is 41.5 Å². The monoisotopic (exact) mass is 287 g/mol. The number of rotatable bonds is 3. The minimum atomic E-state index is -0.860. The van der Waals surface area contributed by atoms with Gasteiger partial charge in [0.25, 0.3) is 0 Å². The highest BCUT2D eigenvalue weighted by Crippen LogP contribution is 2.36. The van der Waals surface area contributed by atoms with Crippen LogP contribution in [-0.4, -0.2) is 15.6 Å². The topological polar surface area (TPSA) is 42.2 Å². The standard InChI is InChI=1S/C18H25NO2/c1-7-19-10-14(11(2)3)13-8-12(17(20)21)9-15(16(13)19)18(4,5)6/h8-11H,7H2,1-6H3,(H,20,21). The predicted octanol–water partition coefficient (Wildman–Crippen LogP) is 4.78. The molecular formula is C18H25NO2. The number of carboxylic acids is 1. The molecule has 0 saturated carbocycles. The van der Waals surface area contributed by atoms with Gasteiger partial charge in [-0.25, -0.2) is 4.79 Å². The van der Waals surface area contributed by atoms with E-state index in [0.717, 1.165) is 17.5 Å². The summed E-state index contributed by atoms with van der Waals surface area (Å²) in [5.41, 5.74) is 3.79. The molecule has 0 aliphatic heterocycles. The summed E-state index contributed by atoms with van der Waals surface area (Å²) in [5.74, 6) is -0.487. The minimum Gasteiger partial charge on any atom is -0.478 e. The van der Waals surface area contributed by atoms with Crippen molar-refractivity contribution in [1.29, 1.82) is 0 Å². The van der Waals surface area contributed by atoms with Crippen molar-refractivity contribution in [2.75, 3.05) is 0 Å². The SMILES string of the molecule is CCn1cc(C(C)C)c2cc(C(=O)O)cc(C(C)(C)C)c21. The zero-order valence-corrected chi connectivity index (χ0v) is 13.8. The van der Waals surface area contributed by atoms with Crippen molar-refractivity contribution in [2.45, 2.75) is 59.4 Å². The van der Waals surface area contributed by atoms with Crippen molar-refractivity contribution < 1.29 is 9.90 Å². The molecule has 0 spiro atoms. The van der Waals surface area contributed by atoms with Gasteiger partial charge < -0.3 is 9.67 Å². The van der Waals surface area contributed by atoms with Crippen molar-refractivity contribution in [3.63, 3.8) is 0 Å². The van der Waals surface area contributed by atoms with Crippen LogP contribution >= 0.6 is 0 Å². The Morgan fingerprint density at radius 2 is 1.90 bits per heavy atom. The lowest BCUT2D eigenvalue weighted by Crippen LogP contribution is -2.15. The van der Waals surface area contributed by atoms with E-state index in [1.807, 2.05) is 12.1 Å². The van der Waals surface area contributed by atoms with Gasteiger partial charge in [-0.15, -0.1) is 0 Å². The molecule has 1 heterocycles. The predicted molar refractivity (Wildman–Crippen MR) is 87.4 cm³/mol. The highest BCUT2D eigenvalue weighted by atomic mass is 16.4. The average molecular weight is 287 g/mol. The molecule has 2 rings (SSSR count). The van der Waals surface area contributed by atoms with Crippen molar-refractivity contribution >= 4 is 16.9 Å². The van der Waals surface area contributed by atoms with Crippen LogP contribution in [0.25, 0.3) is 10.9 Å². The Morgan fingerprint density at radius 3 is 2.33 bits per heavy atom. The smallest absolute Gasteiger partial charge is 0.335 e. The fourth-order valence-corrected chi connectivity index (χ4v) is 2.87. The van der Waals surface area contributed by atoms with Gasteiger partial charge >= 0.3 is 5.97 Å². The Kier molecular flexibility index (Phi) is 3.87. The molecule has 1 N–H and O–H groups in total. The molecule has 0 atom stereocenters. The third-order valence-corrected chi connectivity index (χ3v) is 4.02. The van der Waals surface area contributed by atoms with E-state index in [1.54, 1.807) is 0 Å². The number of hydrogen-bond acceptors (Lipinski definition) is 1. The Bertz CT molecular complexity index is 687. The molecule has 3 heteroatoms. The molecule has 0 aliphatic carbocycles. The second-order valence-electron chi connectivity index (χ2n) is 7.00. The molecule has 0 amide bonds. The van der Waals surface area contributed by atoms with Crippen LogP contribution in [0.1, 0.15) is 68.9 Å². The van der Waals surface area contributed by atoms with Crippen molar-refractivity contribution in [2.24, 2.45) is 0 Å². The highest BCUT2D eigenvalue weighted by molar-refractivity contribution is 5.97. The lowest BCUT2D eigenvalue weighted by Gasteiger charge is -2.22. The first-order valence-corrected chi connectivity index (χ1v) is 7.57. The molecule has 0 fully saturated rings. The van der Waals surface area contributed by atoms with Gasteiger partial charge in [-0.3, -0.25) is 0 Å². The lowest BCUT2D eigenvalue weighted by atomic mass is 9.84. The lowest BCUT2D eigenvalue weighted by molar-refractivity contribution is 0.0697. The fraction of sp³-hybridized carbons (Fsp3) is 0.500. The van der Waals surface area contributed by atoms with Crippen LogP contribution in [0.2, 0.25) is 0 Å². The third kappa shape index (κ3) is 2.69. The normalized spacial score (nSPS) is 12.3. The van der Waals surface area contributed by atoms with Gasteiger partial charge in [0.05, 0.1) is 11.1 Å². The second kappa shape index (κ2) is 5.21. The van der Waals surface area contributed by atoms with E-state index < -0.39 is 5.97 Å². The molecule has 21 heavy (non-hydrogen) atoms. The van der Waals surface area contributed by atoms with E-state index in [1.165, 1.54) is 11.1 Å². The van der Waals surface area contributed by atoms with Gasteiger partial charge in [0, 0.05) is 18.1 Å². The molecule has 1 aromatic carbocycles. The molecular weight excluding hydrogens is 262 g/mol. The van der Waals surface area contributed by atoms with Crippen molar-refractivity contribution in [1.82, 2.24) is 4.57 Å². The van der Waals surface area contributed by atoms with Gasteiger partial charge in [0.2, 0.25) is 0 Å². The van der Waals surface area contributed by atoms with Crippen molar-refractivity contribution in [3.8, 4) is 0 Å². The number of aromatic nitrogens is 1. The first-order valence-electron chi connectivity index (χ1n) is 7.57. The van der Waals surface area contributed by atoms with Crippen molar-refractivity contribution in [3.05, 3.63) is 35.0 Å². The van der Waals surface area contributed by atoms with Gasteiger partial charge in [-0.2, -0.15) is 0 Å². The number of carboxylic acid groups (broad SMARTS) is 1.